The molecule has 0 aliphatic heterocycles. The van der Waals surface area contributed by atoms with Crippen molar-refractivity contribution in [3.05, 3.63) is 46.2 Å². The number of amides is 1. The van der Waals surface area contributed by atoms with Crippen LogP contribution in [0.1, 0.15) is 33.9 Å². The molecule has 2 aromatic heterocycles. The summed E-state index contributed by atoms with van der Waals surface area (Å²) >= 11 is 1.36. The van der Waals surface area contributed by atoms with Crippen LogP contribution in [0.3, 0.4) is 0 Å². The van der Waals surface area contributed by atoms with Gasteiger partial charge in [-0.3, -0.25) is 9.78 Å². The Hall–Kier alpha value is -1.79. The second kappa shape index (κ2) is 6.54. The van der Waals surface area contributed by atoms with Gasteiger partial charge in [0, 0.05) is 24.4 Å². The van der Waals surface area contributed by atoms with Crippen molar-refractivity contribution in [2.24, 2.45) is 5.92 Å². The first-order chi connectivity index (χ1) is 10.6. The largest absolute Gasteiger partial charge is 0.393 e. The Morgan fingerprint density at radius 3 is 2.86 bits per heavy atom. The molecule has 0 radical (unpaired) electrons. The molecule has 1 fully saturated rings. The number of nitrogens with one attached hydrogen (secondary N) is 1. The van der Waals surface area contributed by atoms with Crippen molar-refractivity contribution in [3.8, 4) is 0 Å². The number of thiazole rings is 1. The first-order valence-corrected chi connectivity index (χ1v) is 8.30. The van der Waals surface area contributed by atoms with Gasteiger partial charge < -0.3 is 10.4 Å². The summed E-state index contributed by atoms with van der Waals surface area (Å²) in [7, 11) is 0. The molecule has 5 nitrogen and oxygen atoms in total. The fraction of sp³-hybridized carbons (Fsp3) is 0.438. The van der Waals surface area contributed by atoms with E-state index in [0.717, 1.165) is 24.2 Å². The lowest BCUT2D eigenvalue weighted by molar-refractivity contribution is 0.0238. The lowest BCUT2D eigenvalue weighted by Crippen LogP contribution is -2.48. The van der Waals surface area contributed by atoms with Gasteiger partial charge in [0.1, 0.15) is 4.88 Å². The molecular weight excluding hydrogens is 298 g/mol. The molecule has 2 N–H and O–H groups in total. The minimum absolute atomic E-state index is 0.00713. The Morgan fingerprint density at radius 2 is 2.27 bits per heavy atom. The number of carbonyl (C=O) groups is 1. The number of aliphatic hydroxyl groups excluding tert-OH is 1. The van der Waals surface area contributed by atoms with Crippen LogP contribution in [0.15, 0.2) is 29.9 Å². The molecule has 22 heavy (non-hydrogen) atoms. The molecule has 1 saturated carbocycles. The van der Waals surface area contributed by atoms with Crippen molar-refractivity contribution in [2.45, 2.75) is 38.3 Å². The molecule has 6 heteroatoms. The Kier molecular flexibility index (Phi) is 4.49. The van der Waals surface area contributed by atoms with E-state index >= 15 is 0 Å². The fourth-order valence-corrected chi connectivity index (χ4v) is 3.50. The molecule has 0 aromatic carbocycles. The predicted octanol–water partition coefficient (Wildman–Crippen LogP) is 1.96. The Labute approximate surface area is 133 Å². The standard InChI is InChI=1S/C16H19N3O2S/c1-10-15(22-9-18-10)16(21)19-14(11-6-13(20)7-11)8-12-4-2-3-5-17-12/h2-5,9,11,13-14,20H,6-8H2,1H3,(H,19,21)/t11?,13?,14-/m0/s1. The molecule has 0 saturated heterocycles. The number of nitrogens with zero attached hydrogens (tertiary/aromatic N) is 2. The van der Waals surface area contributed by atoms with Crippen LogP contribution in [-0.4, -0.2) is 33.1 Å². The molecule has 1 atom stereocenters. The maximum Gasteiger partial charge on any atom is 0.263 e. The van der Waals surface area contributed by atoms with Crippen molar-refractivity contribution < 1.29 is 9.90 Å². The van der Waals surface area contributed by atoms with E-state index in [4.69, 9.17) is 0 Å². The minimum Gasteiger partial charge on any atom is -0.393 e. The maximum atomic E-state index is 12.4. The summed E-state index contributed by atoms with van der Waals surface area (Å²) < 4.78 is 0. The Balaban J connectivity index is 1.71. The average molecular weight is 317 g/mol. The zero-order chi connectivity index (χ0) is 15.5. The van der Waals surface area contributed by atoms with E-state index in [1.165, 1.54) is 11.3 Å². The molecule has 0 spiro atoms. The van der Waals surface area contributed by atoms with Crippen LogP contribution in [0.5, 0.6) is 0 Å². The normalized spacial score (nSPS) is 21.9. The number of hydrogen-bond acceptors (Lipinski definition) is 5. The number of hydrogen-bond donors (Lipinski definition) is 2. The fourth-order valence-electron chi connectivity index (χ4n) is 2.79. The quantitative estimate of drug-likeness (QED) is 0.884. The summed E-state index contributed by atoms with van der Waals surface area (Å²) in [6, 6.07) is 5.79. The zero-order valence-electron chi connectivity index (χ0n) is 12.4. The van der Waals surface area contributed by atoms with E-state index < -0.39 is 0 Å². The Bertz CT molecular complexity index is 638. The van der Waals surface area contributed by atoms with E-state index in [0.29, 0.717) is 17.2 Å². The third-order valence-corrected chi connectivity index (χ3v) is 5.07. The van der Waals surface area contributed by atoms with Gasteiger partial charge >= 0.3 is 0 Å². The predicted molar refractivity (Wildman–Crippen MR) is 84.8 cm³/mol. The van der Waals surface area contributed by atoms with Gasteiger partial charge in [0.2, 0.25) is 0 Å². The average Bonchev–Trinajstić information content (AvgIpc) is 2.91. The van der Waals surface area contributed by atoms with Gasteiger partial charge in [-0.1, -0.05) is 6.07 Å². The SMILES string of the molecule is Cc1ncsc1C(=O)N[C@@H](Cc1ccccn1)C1CC(O)C1. The van der Waals surface area contributed by atoms with E-state index in [1.54, 1.807) is 11.7 Å². The molecular formula is C16H19N3O2S. The highest BCUT2D eigenvalue weighted by Gasteiger charge is 2.35. The number of aryl methyl sites for hydroxylation is 1. The first kappa shape index (κ1) is 15.1. The van der Waals surface area contributed by atoms with Crippen molar-refractivity contribution in [2.75, 3.05) is 0 Å². The number of rotatable bonds is 5. The van der Waals surface area contributed by atoms with Crippen molar-refractivity contribution in [1.29, 1.82) is 0 Å². The Morgan fingerprint density at radius 1 is 1.45 bits per heavy atom. The van der Waals surface area contributed by atoms with Gasteiger partial charge in [0.15, 0.2) is 0 Å². The van der Waals surface area contributed by atoms with Crippen LogP contribution < -0.4 is 5.32 Å². The van der Waals surface area contributed by atoms with E-state index in [9.17, 15) is 9.90 Å². The van der Waals surface area contributed by atoms with Gasteiger partial charge in [-0.25, -0.2) is 4.98 Å². The van der Waals surface area contributed by atoms with Gasteiger partial charge in [-0.05, 0) is 37.8 Å². The molecule has 0 bridgehead atoms. The molecule has 3 rings (SSSR count). The van der Waals surface area contributed by atoms with E-state index in [2.05, 4.69) is 15.3 Å². The summed E-state index contributed by atoms with van der Waals surface area (Å²) in [6.07, 6.45) is 3.68. The summed E-state index contributed by atoms with van der Waals surface area (Å²) in [5.41, 5.74) is 3.40. The molecule has 1 amide bonds. The van der Waals surface area contributed by atoms with Crippen LogP contribution >= 0.6 is 11.3 Å². The topological polar surface area (TPSA) is 75.1 Å². The summed E-state index contributed by atoms with van der Waals surface area (Å²) in [5, 5.41) is 12.7. The third kappa shape index (κ3) is 3.34. The van der Waals surface area contributed by atoms with Crippen LogP contribution in [-0.2, 0) is 6.42 Å². The summed E-state index contributed by atoms with van der Waals surface area (Å²) in [5.74, 6) is 0.219. The number of aliphatic hydroxyl groups is 1. The number of aromatic nitrogens is 2. The summed E-state index contributed by atoms with van der Waals surface area (Å²) in [4.78, 5) is 21.6. The van der Waals surface area contributed by atoms with Gasteiger partial charge in [0.25, 0.3) is 5.91 Å². The second-order valence-corrected chi connectivity index (χ2v) is 6.61. The van der Waals surface area contributed by atoms with Crippen molar-refractivity contribution in [3.63, 3.8) is 0 Å². The highest BCUT2D eigenvalue weighted by atomic mass is 32.1. The first-order valence-electron chi connectivity index (χ1n) is 7.42. The van der Waals surface area contributed by atoms with Crippen LogP contribution in [0.25, 0.3) is 0 Å². The molecule has 116 valence electrons. The van der Waals surface area contributed by atoms with E-state index in [1.807, 2.05) is 25.1 Å². The second-order valence-electron chi connectivity index (χ2n) is 5.76. The van der Waals surface area contributed by atoms with Crippen molar-refractivity contribution >= 4 is 17.2 Å². The molecule has 1 aliphatic rings. The minimum atomic E-state index is -0.238. The third-order valence-electron chi connectivity index (χ3n) is 4.14. The molecule has 2 heterocycles. The maximum absolute atomic E-state index is 12.4. The van der Waals surface area contributed by atoms with Crippen LogP contribution in [0, 0.1) is 12.8 Å². The highest BCUT2D eigenvalue weighted by molar-refractivity contribution is 7.11. The van der Waals surface area contributed by atoms with Crippen molar-refractivity contribution in [1.82, 2.24) is 15.3 Å². The molecule has 0 unspecified atom stereocenters. The van der Waals surface area contributed by atoms with Gasteiger partial charge in [0.05, 0.1) is 17.3 Å². The van der Waals surface area contributed by atoms with Gasteiger partial charge in [-0.15, -0.1) is 11.3 Å². The van der Waals surface area contributed by atoms with Gasteiger partial charge in [-0.2, -0.15) is 0 Å². The van der Waals surface area contributed by atoms with E-state index in [-0.39, 0.29) is 18.1 Å². The highest BCUT2D eigenvalue weighted by Crippen LogP contribution is 2.32. The molecule has 1 aliphatic carbocycles. The molecule has 2 aromatic rings. The summed E-state index contributed by atoms with van der Waals surface area (Å²) in [6.45, 7) is 1.84. The number of pyridine rings is 1. The number of carbonyl (C=O) groups excluding carboxylic acids is 1. The van der Waals surface area contributed by atoms with Crippen LogP contribution in [0.4, 0.5) is 0 Å². The smallest absolute Gasteiger partial charge is 0.263 e. The lowest BCUT2D eigenvalue weighted by atomic mass is 9.76. The van der Waals surface area contributed by atoms with Crippen LogP contribution in [0.2, 0.25) is 0 Å². The lowest BCUT2D eigenvalue weighted by Gasteiger charge is -2.38. The zero-order valence-corrected chi connectivity index (χ0v) is 13.2. The monoisotopic (exact) mass is 317 g/mol.